The van der Waals surface area contributed by atoms with E-state index < -0.39 is 5.97 Å². The first kappa shape index (κ1) is 11.8. The van der Waals surface area contributed by atoms with Crippen molar-refractivity contribution in [1.29, 1.82) is 0 Å². The normalized spacial score (nSPS) is 9.80. The molecular formula is C10H13ClN2O2. The first-order valence-electron chi connectivity index (χ1n) is 4.75. The molecule has 0 aliphatic heterocycles. The van der Waals surface area contributed by atoms with Crippen LogP contribution in [0.4, 0.5) is 5.69 Å². The van der Waals surface area contributed by atoms with E-state index >= 15 is 0 Å². The Kier molecular flexibility index (Phi) is 4.37. The van der Waals surface area contributed by atoms with Gasteiger partial charge in [0.25, 0.3) is 0 Å². The molecule has 0 amide bonds. The van der Waals surface area contributed by atoms with Gasteiger partial charge in [-0.1, -0.05) is 0 Å². The van der Waals surface area contributed by atoms with Crippen molar-refractivity contribution in [3.05, 3.63) is 24.0 Å². The van der Waals surface area contributed by atoms with E-state index in [-0.39, 0.29) is 0 Å². The Labute approximate surface area is 93.9 Å². The van der Waals surface area contributed by atoms with Gasteiger partial charge in [-0.25, -0.2) is 4.79 Å². The monoisotopic (exact) mass is 228 g/mol. The van der Waals surface area contributed by atoms with Crippen molar-refractivity contribution in [3.8, 4) is 0 Å². The number of pyridine rings is 1. The highest BCUT2D eigenvalue weighted by Crippen LogP contribution is 2.21. The summed E-state index contributed by atoms with van der Waals surface area (Å²) < 4.78 is 6.35. The molecule has 1 heterocycles. The Hall–Kier alpha value is -1.29. The number of halogens is 1. The fraction of sp³-hybridized carbons (Fsp3) is 0.400. The van der Waals surface area contributed by atoms with Crippen molar-refractivity contribution in [2.24, 2.45) is 0 Å². The summed E-state index contributed by atoms with van der Waals surface area (Å²) in [5, 5.41) is 0. The minimum atomic E-state index is -0.403. The molecule has 0 radical (unpaired) electrons. The zero-order chi connectivity index (χ0) is 11.3. The fourth-order valence-corrected chi connectivity index (χ4v) is 1.28. The molecular weight excluding hydrogens is 216 g/mol. The van der Waals surface area contributed by atoms with Crippen molar-refractivity contribution < 1.29 is 9.53 Å². The first-order valence-corrected chi connectivity index (χ1v) is 5.09. The Bertz CT molecular complexity index is 344. The number of rotatable bonds is 4. The lowest BCUT2D eigenvalue weighted by Crippen LogP contribution is -2.15. The van der Waals surface area contributed by atoms with E-state index in [1.165, 1.54) is 10.6 Å². The summed E-state index contributed by atoms with van der Waals surface area (Å²) >= 11 is 5.94. The van der Waals surface area contributed by atoms with Crippen LogP contribution in [0.3, 0.4) is 0 Å². The van der Waals surface area contributed by atoms with Gasteiger partial charge >= 0.3 is 5.97 Å². The number of hydrogen-bond donors (Lipinski definition) is 0. The third-order valence-corrected chi connectivity index (χ3v) is 2.25. The SMILES string of the molecule is CCOC(=O)c1cnccc1N(Cl)CC. The maximum absolute atomic E-state index is 11.5. The van der Waals surface area contributed by atoms with E-state index in [4.69, 9.17) is 16.5 Å². The van der Waals surface area contributed by atoms with Gasteiger partial charge in [0.1, 0.15) is 5.56 Å². The van der Waals surface area contributed by atoms with Crippen LogP contribution in [0.15, 0.2) is 18.5 Å². The molecule has 0 saturated heterocycles. The van der Waals surface area contributed by atoms with Gasteiger partial charge in [-0.2, -0.15) is 0 Å². The number of esters is 1. The zero-order valence-corrected chi connectivity index (χ0v) is 9.49. The molecule has 5 heteroatoms. The van der Waals surface area contributed by atoms with E-state index in [0.29, 0.717) is 24.4 Å². The third kappa shape index (κ3) is 2.83. The van der Waals surface area contributed by atoms with E-state index in [1.54, 1.807) is 19.2 Å². The maximum Gasteiger partial charge on any atom is 0.341 e. The number of nitrogens with zero attached hydrogens (tertiary/aromatic N) is 2. The van der Waals surface area contributed by atoms with E-state index in [2.05, 4.69) is 4.98 Å². The van der Waals surface area contributed by atoms with Crippen molar-refractivity contribution in [3.63, 3.8) is 0 Å². The Balaban J connectivity index is 3.00. The lowest BCUT2D eigenvalue weighted by Gasteiger charge is -2.15. The second-order valence-corrected chi connectivity index (χ2v) is 3.20. The molecule has 0 atom stereocenters. The topological polar surface area (TPSA) is 42.4 Å². The molecule has 0 aliphatic carbocycles. The average molecular weight is 229 g/mol. The van der Waals surface area contributed by atoms with Crippen molar-refractivity contribution >= 4 is 23.4 Å². The van der Waals surface area contributed by atoms with Gasteiger partial charge < -0.3 is 4.74 Å². The van der Waals surface area contributed by atoms with E-state index in [1.807, 2.05) is 6.92 Å². The average Bonchev–Trinajstić information content (AvgIpc) is 2.28. The largest absolute Gasteiger partial charge is 0.462 e. The highest BCUT2D eigenvalue weighted by Gasteiger charge is 2.15. The van der Waals surface area contributed by atoms with Crippen LogP contribution in [0.1, 0.15) is 24.2 Å². The summed E-state index contributed by atoms with van der Waals surface area (Å²) in [7, 11) is 0. The maximum atomic E-state index is 11.5. The molecule has 82 valence electrons. The van der Waals surface area contributed by atoms with Gasteiger partial charge in [0.2, 0.25) is 0 Å². The van der Waals surface area contributed by atoms with Gasteiger partial charge in [-0.15, -0.1) is 0 Å². The van der Waals surface area contributed by atoms with E-state index in [9.17, 15) is 4.79 Å². The smallest absolute Gasteiger partial charge is 0.341 e. The van der Waals surface area contributed by atoms with Crippen molar-refractivity contribution in [1.82, 2.24) is 4.98 Å². The molecule has 0 fully saturated rings. The lowest BCUT2D eigenvalue weighted by atomic mass is 10.2. The summed E-state index contributed by atoms with van der Waals surface area (Å²) in [6.07, 6.45) is 3.04. The number of anilines is 1. The molecule has 0 N–H and O–H groups in total. The summed E-state index contributed by atoms with van der Waals surface area (Å²) in [5.74, 6) is -0.403. The highest BCUT2D eigenvalue weighted by molar-refractivity contribution is 6.26. The summed E-state index contributed by atoms with van der Waals surface area (Å²) in [6, 6.07) is 1.68. The standard InChI is InChI=1S/C10H13ClN2O2/c1-3-13(11)9-5-6-12-7-8(9)10(14)15-4-2/h5-7H,3-4H2,1-2H3. The molecule has 1 aromatic rings. The number of ether oxygens (including phenoxy) is 1. The van der Waals surface area contributed by atoms with E-state index in [0.717, 1.165) is 0 Å². The highest BCUT2D eigenvalue weighted by atomic mass is 35.5. The van der Waals surface area contributed by atoms with Crippen LogP contribution in [-0.4, -0.2) is 24.1 Å². The van der Waals surface area contributed by atoms with Crippen LogP contribution in [-0.2, 0) is 4.74 Å². The van der Waals surface area contributed by atoms with Gasteiger partial charge in [0.05, 0.1) is 12.3 Å². The van der Waals surface area contributed by atoms with Crippen LogP contribution in [0.25, 0.3) is 0 Å². The molecule has 4 nitrogen and oxygen atoms in total. The Morgan fingerprint density at radius 2 is 2.33 bits per heavy atom. The van der Waals surface area contributed by atoms with Crippen LogP contribution < -0.4 is 4.42 Å². The molecule has 0 saturated carbocycles. The Morgan fingerprint density at radius 3 is 2.93 bits per heavy atom. The van der Waals surface area contributed by atoms with Crippen molar-refractivity contribution in [2.45, 2.75) is 13.8 Å². The number of aromatic nitrogens is 1. The fourth-order valence-electron chi connectivity index (χ4n) is 1.14. The first-order chi connectivity index (χ1) is 7.20. The summed E-state index contributed by atoms with van der Waals surface area (Å²) in [6.45, 7) is 4.58. The second kappa shape index (κ2) is 5.56. The number of carbonyl (C=O) groups excluding carboxylic acids is 1. The molecule has 1 aromatic heterocycles. The molecule has 1 rings (SSSR count). The van der Waals surface area contributed by atoms with Gasteiger partial charge in [0, 0.05) is 30.7 Å². The van der Waals surface area contributed by atoms with Gasteiger partial charge in [0.15, 0.2) is 0 Å². The quantitative estimate of drug-likeness (QED) is 0.586. The molecule has 15 heavy (non-hydrogen) atoms. The molecule has 0 bridgehead atoms. The number of hydrogen-bond acceptors (Lipinski definition) is 4. The van der Waals surface area contributed by atoms with Crippen LogP contribution in [0.2, 0.25) is 0 Å². The third-order valence-electron chi connectivity index (χ3n) is 1.83. The zero-order valence-electron chi connectivity index (χ0n) is 8.74. The lowest BCUT2D eigenvalue weighted by molar-refractivity contribution is 0.0527. The van der Waals surface area contributed by atoms with Gasteiger partial charge in [-0.3, -0.25) is 9.40 Å². The molecule has 0 unspecified atom stereocenters. The molecule has 0 aliphatic rings. The predicted molar refractivity (Wildman–Crippen MR) is 59.1 cm³/mol. The van der Waals surface area contributed by atoms with Crippen molar-refractivity contribution in [2.75, 3.05) is 17.6 Å². The predicted octanol–water partition coefficient (Wildman–Crippen LogP) is 2.24. The minimum absolute atomic E-state index is 0.335. The van der Waals surface area contributed by atoms with Crippen LogP contribution in [0, 0.1) is 0 Å². The van der Waals surface area contributed by atoms with Crippen LogP contribution in [0.5, 0.6) is 0 Å². The van der Waals surface area contributed by atoms with Gasteiger partial charge in [-0.05, 0) is 19.9 Å². The molecule has 0 spiro atoms. The second-order valence-electron chi connectivity index (χ2n) is 2.79. The number of carbonyl (C=O) groups is 1. The summed E-state index contributed by atoms with van der Waals surface area (Å²) in [4.78, 5) is 15.4. The summed E-state index contributed by atoms with van der Waals surface area (Å²) in [5.41, 5.74) is 1.00. The molecule has 0 aromatic carbocycles. The Morgan fingerprint density at radius 1 is 1.60 bits per heavy atom. The minimum Gasteiger partial charge on any atom is -0.462 e. The van der Waals surface area contributed by atoms with Crippen LogP contribution >= 0.6 is 11.8 Å².